The summed E-state index contributed by atoms with van der Waals surface area (Å²) in [5, 5.41) is 3.38. The van der Waals surface area contributed by atoms with Crippen molar-refractivity contribution in [3.63, 3.8) is 0 Å². The Bertz CT molecular complexity index is 1150. The minimum absolute atomic E-state index is 0.111. The third-order valence-electron chi connectivity index (χ3n) is 4.73. The topological polar surface area (TPSA) is 77.5 Å². The SMILES string of the molecule is O=C(N[C@H](Cc1nc2ccccc2s1)C(=O)OCc1ccccc1)OCc1ccccc1. The molecule has 1 atom stereocenters. The third kappa shape index (κ3) is 5.92. The molecule has 0 aliphatic rings. The van der Waals surface area contributed by atoms with Crippen molar-refractivity contribution >= 4 is 33.6 Å². The molecule has 32 heavy (non-hydrogen) atoms. The van der Waals surface area contributed by atoms with Crippen LogP contribution in [0, 0.1) is 0 Å². The largest absolute Gasteiger partial charge is 0.459 e. The van der Waals surface area contributed by atoms with Gasteiger partial charge in [0.1, 0.15) is 19.3 Å². The third-order valence-corrected chi connectivity index (χ3v) is 5.79. The fourth-order valence-corrected chi connectivity index (χ4v) is 4.12. The van der Waals surface area contributed by atoms with Crippen LogP contribution < -0.4 is 5.32 Å². The monoisotopic (exact) mass is 446 g/mol. The van der Waals surface area contributed by atoms with E-state index in [1.807, 2.05) is 84.9 Å². The van der Waals surface area contributed by atoms with E-state index < -0.39 is 18.1 Å². The summed E-state index contributed by atoms with van der Waals surface area (Å²) in [6.45, 7) is 0.232. The molecule has 0 fully saturated rings. The maximum Gasteiger partial charge on any atom is 0.408 e. The van der Waals surface area contributed by atoms with E-state index in [4.69, 9.17) is 9.47 Å². The molecule has 6 nitrogen and oxygen atoms in total. The van der Waals surface area contributed by atoms with Crippen LogP contribution in [0.1, 0.15) is 16.1 Å². The predicted molar refractivity (Wildman–Crippen MR) is 123 cm³/mol. The van der Waals surface area contributed by atoms with Crippen LogP contribution in [0.5, 0.6) is 0 Å². The Morgan fingerprint density at radius 1 is 0.812 bits per heavy atom. The van der Waals surface area contributed by atoms with Gasteiger partial charge in [0.2, 0.25) is 0 Å². The number of esters is 1. The molecule has 0 aliphatic carbocycles. The number of carbonyl (C=O) groups excluding carboxylic acids is 2. The first-order chi connectivity index (χ1) is 15.7. The molecule has 0 saturated heterocycles. The number of nitrogens with one attached hydrogen (secondary N) is 1. The van der Waals surface area contributed by atoms with Gasteiger partial charge < -0.3 is 14.8 Å². The highest BCUT2D eigenvalue weighted by molar-refractivity contribution is 7.18. The molecule has 0 aliphatic heterocycles. The van der Waals surface area contributed by atoms with Crippen LogP contribution in [-0.2, 0) is 33.9 Å². The van der Waals surface area contributed by atoms with Crippen molar-refractivity contribution in [3.8, 4) is 0 Å². The zero-order chi connectivity index (χ0) is 22.2. The van der Waals surface area contributed by atoms with Crippen molar-refractivity contribution in [2.75, 3.05) is 0 Å². The van der Waals surface area contributed by atoms with Gasteiger partial charge in [0.05, 0.1) is 15.2 Å². The summed E-state index contributed by atoms with van der Waals surface area (Å²) in [6.07, 6.45) is -0.468. The number of thiazole rings is 1. The second-order valence-electron chi connectivity index (χ2n) is 7.13. The Morgan fingerprint density at radius 3 is 2.06 bits per heavy atom. The number of nitrogens with zero attached hydrogens (tertiary/aromatic N) is 1. The summed E-state index contributed by atoms with van der Waals surface area (Å²) >= 11 is 1.48. The molecule has 1 N–H and O–H groups in total. The molecule has 1 aromatic heterocycles. The van der Waals surface area contributed by atoms with Crippen LogP contribution in [-0.4, -0.2) is 23.1 Å². The van der Waals surface area contributed by atoms with Crippen LogP contribution in [0.2, 0.25) is 0 Å². The summed E-state index contributed by atoms with van der Waals surface area (Å²) in [5.74, 6) is -0.537. The maximum absolute atomic E-state index is 12.8. The zero-order valence-corrected chi connectivity index (χ0v) is 18.1. The minimum Gasteiger partial charge on any atom is -0.459 e. The van der Waals surface area contributed by atoms with Gasteiger partial charge in [-0.05, 0) is 23.3 Å². The first-order valence-corrected chi connectivity index (χ1v) is 11.0. The maximum atomic E-state index is 12.8. The van der Waals surface area contributed by atoms with E-state index in [0.29, 0.717) is 0 Å². The summed E-state index contributed by atoms with van der Waals surface area (Å²) in [4.78, 5) is 29.8. The van der Waals surface area contributed by atoms with Crippen LogP contribution >= 0.6 is 11.3 Å². The molecule has 0 unspecified atom stereocenters. The van der Waals surface area contributed by atoms with Crippen LogP contribution in [0.15, 0.2) is 84.9 Å². The van der Waals surface area contributed by atoms with Crippen molar-refractivity contribution in [3.05, 3.63) is 101 Å². The molecule has 0 saturated carbocycles. The number of carbonyl (C=O) groups is 2. The van der Waals surface area contributed by atoms with Crippen molar-refractivity contribution < 1.29 is 19.1 Å². The number of amides is 1. The van der Waals surface area contributed by atoms with E-state index in [2.05, 4.69) is 10.3 Å². The summed E-state index contributed by atoms with van der Waals surface area (Å²) < 4.78 is 11.8. The van der Waals surface area contributed by atoms with Gasteiger partial charge in [0.15, 0.2) is 0 Å². The molecule has 0 bridgehead atoms. The van der Waals surface area contributed by atoms with Crippen LogP contribution in [0.25, 0.3) is 10.2 Å². The second-order valence-corrected chi connectivity index (χ2v) is 8.25. The Labute approximate surface area is 189 Å². The average molecular weight is 447 g/mol. The number of hydrogen-bond donors (Lipinski definition) is 1. The van der Waals surface area contributed by atoms with E-state index in [9.17, 15) is 9.59 Å². The highest BCUT2D eigenvalue weighted by Crippen LogP contribution is 2.23. The van der Waals surface area contributed by atoms with Gasteiger partial charge in [-0.25, -0.2) is 14.6 Å². The van der Waals surface area contributed by atoms with Gasteiger partial charge in [-0.3, -0.25) is 0 Å². The number of aromatic nitrogens is 1. The Morgan fingerprint density at radius 2 is 1.41 bits per heavy atom. The first-order valence-electron chi connectivity index (χ1n) is 10.2. The Balaban J connectivity index is 1.43. The van der Waals surface area contributed by atoms with Crippen molar-refractivity contribution in [2.24, 2.45) is 0 Å². The number of fused-ring (bicyclic) bond motifs is 1. The van der Waals surface area contributed by atoms with Gasteiger partial charge in [0.25, 0.3) is 0 Å². The predicted octanol–water partition coefficient (Wildman–Crippen LogP) is 4.88. The molecular formula is C25H22N2O4S. The number of alkyl carbamates (subject to hydrolysis) is 1. The van der Waals surface area contributed by atoms with Crippen LogP contribution in [0.4, 0.5) is 4.79 Å². The van der Waals surface area contributed by atoms with Gasteiger partial charge in [-0.15, -0.1) is 11.3 Å². The standard InChI is InChI=1S/C25H22N2O4S/c28-24(30-16-18-9-3-1-4-10-18)21(15-23-26-20-13-7-8-14-22(20)32-23)27-25(29)31-17-19-11-5-2-6-12-19/h1-14,21H,15-17H2,(H,27,29)/t21-/m1/s1. The summed E-state index contributed by atoms with van der Waals surface area (Å²) in [6, 6.07) is 25.6. The molecule has 1 heterocycles. The van der Waals surface area contributed by atoms with Crippen molar-refractivity contribution in [2.45, 2.75) is 25.7 Å². The molecule has 4 rings (SSSR count). The molecule has 3 aromatic carbocycles. The zero-order valence-electron chi connectivity index (χ0n) is 17.3. The lowest BCUT2D eigenvalue weighted by Crippen LogP contribution is -2.43. The Hall–Kier alpha value is -3.71. The normalized spacial score (nSPS) is 11.6. The minimum atomic E-state index is -0.914. The molecule has 7 heteroatoms. The highest BCUT2D eigenvalue weighted by Gasteiger charge is 2.25. The highest BCUT2D eigenvalue weighted by atomic mass is 32.1. The molecule has 4 aromatic rings. The van der Waals surface area contributed by atoms with E-state index in [1.54, 1.807) is 0 Å². The Kier molecular flexibility index (Phi) is 7.09. The van der Waals surface area contributed by atoms with E-state index in [0.717, 1.165) is 26.4 Å². The van der Waals surface area contributed by atoms with Crippen LogP contribution in [0.3, 0.4) is 0 Å². The fourth-order valence-electron chi connectivity index (χ4n) is 3.11. The molecule has 0 radical (unpaired) electrons. The summed E-state index contributed by atoms with van der Waals surface area (Å²) in [5.41, 5.74) is 2.58. The molecule has 0 spiro atoms. The second kappa shape index (κ2) is 10.5. The lowest BCUT2D eigenvalue weighted by Gasteiger charge is -2.17. The van der Waals surface area contributed by atoms with Gasteiger partial charge in [-0.2, -0.15) is 0 Å². The molecular weight excluding hydrogens is 424 g/mol. The average Bonchev–Trinajstić information content (AvgIpc) is 3.24. The number of benzene rings is 3. The van der Waals surface area contributed by atoms with E-state index in [1.165, 1.54) is 11.3 Å². The van der Waals surface area contributed by atoms with Gasteiger partial charge in [-0.1, -0.05) is 72.8 Å². The quantitative estimate of drug-likeness (QED) is 0.391. The summed E-state index contributed by atoms with van der Waals surface area (Å²) in [7, 11) is 0. The van der Waals surface area contributed by atoms with E-state index in [-0.39, 0.29) is 19.6 Å². The van der Waals surface area contributed by atoms with Crippen molar-refractivity contribution in [1.82, 2.24) is 10.3 Å². The lowest BCUT2D eigenvalue weighted by atomic mass is 10.2. The number of para-hydroxylation sites is 1. The lowest BCUT2D eigenvalue weighted by molar-refractivity contribution is -0.147. The van der Waals surface area contributed by atoms with E-state index >= 15 is 0 Å². The smallest absolute Gasteiger partial charge is 0.408 e. The molecule has 162 valence electrons. The number of hydrogen-bond acceptors (Lipinski definition) is 6. The fraction of sp³-hybridized carbons (Fsp3) is 0.160. The first kappa shape index (κ1) is 21.5. The van der Waals surface area contributed by atoms with Gasteiger partial charge in [0, 0.05) is 6.42 Å². The number of ether oxygens (including phenoxy) is 2. The van der Waals surface area contributed by atoms with Gasteiger partial charge >= 0.3 is 12.1 Å². The number of rotatable bonds is 8. The van der Waals surface area contributed by atoms with Crippen molar-refractivity contribution in [1.29, 1.82) is 0 Å². The molecule has 1 amide bonds.